The number of anilines is 8. The van der Waals surface area contributed by atoms with E-state index in [1.807, 2.05) is 0 Å². The van der Waals surface area contributed by atoms with Gasteiger partial charge in [-0.05, 0) is 412 Å². The zero-order chi connectivity index (χ0) is 86.8. The molecule has 2 aromatic heterocycles. The lowest BCUT2D eigenvalue weighted by atomic mass is 9.43. The molecular formula is C123H109Br2N3O2. The molecule has 8 saturated carbocycles. The average molecular weight is 1820 g/mol. The maximum Gasteiger partial charge on any atom is 0.137 e. The molecule has 7 heteroatoms. The molecule has 2 spiro atoms. The molecular weight excluding hydrogens is 1710 g/mol. The van der Waals surface area contributed by atoms with Crippen LogP contribution in [0.2, 0.25) is 0 Å². The summed E-state index contributed by atoms with van der Waals surface area (Å²) in [5.74, 6) is 6.40. The number of hydrogen-bond acceptors (Lipinski definition) is 5. The van der Waals surface area contributed by atoms with E-state index in [0.29, 0.717) is 11.8 Å². The number of fused-ring (bicyclic) bond motifs is 21. The summed E-state index contributed by atoms with van der Waals surface area (Å²) in [5.41, 5.74) is 45.4. The highest BCUT2D eigenvalue weighted by Gasteiger charge is 2.64. The number of aryl methyl sites for hydroxylation is 3. The van der Waals surface area contributed by atoms with Crippen molar-refractivity contribution in [2.75, 3.05) is 15.1 Å². The Morgan fingerprint density at radius 3 is 1.07 bits per heavy atom. The second kappa shape index (κ2) is 29.1. The Labute approximate surface area is 781 Å². The molecule has 0 aliphatic heterocycles. The minimum atomic E-state index is -0.0556. The topological polar surface area (TPSA) is 44.8 Å². The fourth-order valence-electron chi connectivity index (χ4n) is 28.9. The summed E-state index contributed by atoms with van der Waals surface area (Å²) in [6, 6.07) is 112. The third-order valence-electron chi connectivity index (χ3n) is 33.9. The third kappa shape index (κ3) is 11.8. The molecule has 13 aliphatic rings. The molecule has 1 N–H and O–H groups in total. The summed E-state index contributed by atoms with van der Waals surface area (Å²) in [7, 11) is 0. The van der Waals surface area contributed by atoms with E-state index in [9.17, 15) is 0 Å². The van der Waals surface area contributed by atoms with Crippen molar-refractivity contribution in [1.29, 1.82) is 0 Å². The van der Waals surface area contributed by atoms with Crippen molar-refractivity contribution in [2.45, 2.75) is 161 Å². The van der Waals surface area contributed by atoms with Crippen LogP contribution in [0.3, 0.4) is 0 Å². The SMILES string of the molecule is Brc1ccc2c(c1)C1(c3cc4c(cc3-2)oc2cc(Br)ccc24)C2CC3CC(C2)CC1C3.C.Cc1cccc(N(c2ccc3c(c2)-c2ccccc2C3(C)C)c2ccc3c(c2)C2(c4cc5c(cc4-3)oc3cc(N(c4cccc(C)c4)c4ccc6c(c4)-c4ccccc4C6(C)C)ccc35)C3CC4CC(C3)CC2C4)c1.Cc1cccc(Nc2ccc3c(c2)-c2ccccc2C3(C)C)c1. The second-order valence-electron chi connectivity index (χ2n) is 42.2. The van der Waals surface area contributed by atoms with Crippen LogP contribution in [0.4, 0.5) is 45.5 Å². The molecule has 0 radical (unpaired) electrons. The minimum Gasteiger partial charge on any atom is -0.456 e. The van der Waals surface area contributed by atoms with E-state index in [1.54, 1.807) is 22.3 Å². The Morgan fingerprint density at radius 1 is 0.254 bits per heavy atom. The average Bonchev–Trinajstić information content (AvgIpc) is 1.50. The smallest absolute Gasteiger partial charge is 0.137 e. The molecule has 30 rings (SSSR count). The molecule has 8 bridgehead atoms. The van der Waals surface area contributed by atoms with Gasteiger partial charge in [-0.25, -0.2) is 0 Å². The predicted octanol–water partition coefficient (Wildman–Crippen LogP) is 35.0. The van der Waals surface area contributed by atoms with Crippen LogP contribution in [0.15, 0.2) is 315 Å². The van der Waals surface area contributed by atoms with E-state index in [-0.39, 0.29) is 34.5 Å². The largest absolute Gasteiger partial charge is 0.456 e. The number of benzene rings is 15. The molecule has 0 atom stereocenters. The van der Waals surface area contributed by atoms with Crippen LogP contribution in [0, 0.1) is 68.1 Å². The molecule has 0 amide bonds. The van der Waals surface area contributed by atoms with Gasteiger partial charge >= 0.3 is 0 Å². The lowest BCUT2D eigenvalue weighted by molar-refractivity contribution is -0.0399. The molecule has 13 aliphatic carbocycles. The van der Waals surface area contributed by atoms with Gasteiger partial charge in [-0.15, -0.1) is 0 Å². The monoisotopic (exact) mass is 1820 g/mol. The molecule has 2 heterocycles. The summed E-state index contributed by atoms with van der Waals surface area (Å²) in [4.78, 5) is 4.97. The maximum atomic E-state index is 7.15. The number of hydrogen-bond donors (Lipinski definition) is 1. The highest BCUT2D eigenvalue weighted by molar-refractivity contribution is 9.10. The van der Waals surface area contributed by atoms with Crippen LogP contribution < -0.4 is 15.1 Å². The Balaban J connectivity index is 0.000000134. The lowest BCUT2D eigenvalue weighted by Crippen LogP contribution is -2.55. The van der Waals surface area contributed by atoms with E-state index in [4.69, 9.17) is 8.83 Å². The normalized spacial score (nSPS) is 23.1. The fourth-order valence-corrected chi connectivity index (χ4v) is 29.6. The van der Waals surface area contributed by atoms with Crippen LogP contribution in [0.1, 0.15) is 186 Å². The van der Waals surface area contributed by atoms with Crippen LogP contribution >= 0.6 is 31.9 Å². The molecule has 130 heavy (non-hydrogen) atoms. The molecule has 17 aromatic rings. The van der Waals surface area contributed by atoms with Crippen LogP contribution in [0.5, 0.6) is 0 Å². The highest BCUT2D eigenvalue weighted by atomic mass is 79.9. The molecule has 642 valence electrons. The third-order valence-corrected chi connectivity index (χ3v) is 34.9. The Kier molecular flexibility index (Phi) is 18.0. The number of halogens is 2. The fraction of sp³-hybridized carbons (Fsp3) is 0.268. The molecule has 15 aromatic carbocycles. The first kappa shape index (κ1) is 80.3. The Morgan fingerprint density at radius 2 is 0.585 bits per heavy atom. The summed E-state index contributed by atoms with van der Waals surface area (Å²) >= 11 is 7.42. The van der Waals surface area contributed by atoms with Crippen LogP contribution in [0.25, 0.3) is 99.5 Å². The van der Waals surface area contributed by atoms with E-state index < -0.39 is 0 Å². The van der Waals surface area contributed by atoms with E-state index >= 15 is 0 Å². The van der Waals surface area contributed by atoms with Gasteiger partial charge in [-0.2, -0.15) is 0 Å². The molecule has 8 fully saturated rings. The zero-order valence-electron chi connectivity index (χ0n) is 74.9. The van der Waals surface area contributed by atoms with Crippen molar-refractivity contribution in [2.24, 2.45) is 47.3 Å². The first-order chi connectivity index (χ1) is 62.6. The highest BCUT2D eigenvalue weighted by Crippen LogP contribution is 2.73. The van der Waals surface area contributed by atoms with Crippen molar-refractivity contribution in [3.8, 4) is 55.6 Å². The van der Waals surface area contributed by atoms with E-state index in [2.05, 4.69) is 407 Å². The van der Waals surface area contributed by atoms with Gasteiger partial charge < -0.3 is 24.0 Å². The van der Waals surface area contributed by atoms with Crippen molar-refractivity contribution in [3.05, 3.63) is 379 Å². The van der Waals surface area contributed by atoms with Crippen LogP contribution in [-0.2, 0) is 27.1 Å². The van der Waals surface area contributed by atoms with Gasteiger partial charge in [0.25, 0.3) is 0 Å². The maximum absolute atomic E-state index is 7.15. The minimum absolute atomic E-state index is 0. The van der Waals surface area contributed by atoms with Crippen molar-refractivity contribution < 1.29 is 8.83 Å². The molecule has 5 nitrogen and oxygen atoms in total. The summed E-state index contributed by atoms with van der Waals surface area (Å²) < 4.78 is 15.8. The number of nitrogens with one attached hydrogen (secondary N) is 1. The zero-order valence-corrected chi connectivity index (χ0v) is 78.1. The van der Waals surface area contributed by atoms with Crippen molar-refractivity contribution in [1.82, 2.24) is 0 Å². The molecule has 0 unspecified atom stereocenters. The van der Waals surface area contributed by atoms with E-state index in [1.165, 1.54) is 213 Å². The standard InChI is InChI=1S/C72H62N2O.C28H22Br2O.C22H21N.CH4/c1-42-13-11-15-48(29-42)73(50-23-27-64-58(36-50)54-17-7-9-19-62(54)70(64,3)4)52-21-25-56-60-41-69-61(40-67(60)72(66(56)38-52)46-32-44-31-45(34-46)35-47(72)33-44)57-26-22-53(39-68(57)75-69)74(49-16-12-14-43(2)30-49)51-24-28-65-59(37-51)55-18-8-10-20-63(55)71(65,5)6;29-18-1-3-20-22-13-27-23(21-4-2-19(30)11-26(21)31-27)12-25(22)28(24(20)10-18)16-6-14-5-15(8-16)9-17(28)7-14;1-15-7-6-8-16(13-15)23-17-11-12-21-19(14-17)18-9-4-5-10-20(18)22(21,2)3;/h7-30,36-41,44-47H,31-35H2,1-6H3;1-4,10-17H,5-9H2;4-14,23H,1-3H3;1H4. The van der Waals surface area contributed by atoms with E-state index in [0.717, 1.165) is 90.7 Å². The predicted molar refractivity (Wildman–Crippen MR) is 549 cm³/mol. The quantitative estimate of drug-likeness (QED) is 0.164. The van der Waals surface area contributed by atoms with Gasteiger partial charge in [0.1, 0.15) is 22.3 Å². The number of nitrogens with zero attached hydrogens (tertiary/aromatic N) is 2. The first-order valence-corrected chi connectivity index (χ1v) is 49.1. The van der Waals surface area contributed by atoms with Gasteiger partial charge in [-0.3, -0.25) is 0 Å². The van der Waals surface area contributed by atoms with Crippen molar-refractivity contribution >= 4 is 121 Å². The molecule has 0 saturated heterocycles. The summed E-state index contributed by atoms with van der Waals surface area (Å²) in [6.07, 6.45) is 13.9. The van der Waals surface area contributed by atoms with Gasteiger partial charge in [-0.1, -0.05) is 220 Å². The first-order valence-electron chi connectivity index (χ1n) is 47.5. The lowest BCUT2D eigenvalue weighted by Gasteiger charge is -2.61. The van der Waals surface area contributed by atoms with Crippen molar-refractivity contribution in [3.63, 3.8) is 0 Å². The number of furan rings is 2. The summed E-state index contributed by atoms with van der Waals surface area (Å²) in [6.45, 7) is 20.6. The van der Waals surface area contributed by atoms with Gasteiger partial charge in [0.05, 0.1) is 0 Å². The Bertz CT molecular complexity index is 7590. The van der Waals surface area contributed by atoms with Crippen LogP contribution in [-0.4, -0.2) is 0 Å². The summed E-state index contributed by atoms with van der Waals surface area (Å²) in [5, 5.41) is 8.47. The van der Waals surface area contributed by atoms with Gasteiger partial charge in [0.2, 0.25) is 0 Å². The van der Waals surface area contributed by atoms with Gasteiger partial charge in [0, 0.05) is 109 Å². The van der Waals surface area contributed by atoms with Gasteiger partial charge in [0.15, 0.2) is 0 Å². The Hall–Kier alpha value is -11.7. The number of rotatable bonds is 8. The second-order valence-corrected chi connectivity index (χ2v) is 44.0.